The van der Waals surface area contributed by atoms with E-state index in [2.05, 4.69) is 27.3 Å². The zero-order valence-corrected chi connectivity index (χ0v) is 15.6. The number of anilines is 1. The molecule has 7 heteroatoms. The number of hydrogen-bond donors (Lipinski definition) is 1. The topological polar surface area (TPSA) is 95.4 Å². The quantitative estimate of drug-likeness (QED) is 0.406. The lowest BCUT2D eigenvalue weighted by Gasteiger charge is -2.41. The Balaban J connectivity index is 1.59. The number of aldehydes is 1. The van der Waals surface area contributed by atoms with Crippen LogP contribution < -0.4 is 5.73 Å². The van der Waals surface area contributed by atoms with E-state index in [4.69, 9.17) is 10.5 Å². The molecule has 0 amide bonds. The lowest BCUT2D eigenvalue weighted by Crippen LogP contribution is -2.49. The molecule has 4 rings (SSSR count). The van der Waals surface area contributed by atoms with Crippen LogP contribution in [0.5, 0.6) is 0 Å². The molecule has 0 radical (unpaired) electrons. The van der Waals surface area contributed by atoms with Crippen LogP contribution in [0.25, 0.3) is 0 Å². The van der Waals surface area contributed by atoms with Gasteiger partial charge in [0.25, 0.3) is 0 Å². The van der Waals surface area contributed by atoms with E-state index < -0.39 is 0 Å². The number of nitrogens with zero attached hydrogens (tertiary/aromatic N) is 4. The fourth-order valence-electron chi connectivity index (χ4n) is 3.33. The van der Waals surface area contributed by atoms with Crippen molar-refractivity contribution in [3.63, 3.8) is 0 Å². The summed E-state index contributed by atoms with van der Waals surface area (Å²) in [5.74, 6) is 0.931. The van der Waals surface area contributed by atoms with Crippen molar-refractivity contribution in [2.45, 2.75) is 11.8 Å². The van der Waals surface area contributed by atoms with Crippen LogP contribution >= 0.6 is 0 Å². The van der Waals surface area contributed by atoms with Crippen LogP contribution in [-0.4, -0.2) is 40.5 Å². The van der Waals surface area contributed by atoms with Gasteiger partial charge in [-0.2, -0.15) is 0 Å². The van der Waals surface area contributed by atoms with Gasteiger partial charge in [-0.25, -0.2) is 0 Å². The standard InChI is InChI=1S/C21H21N5O2/c1-26-14-24-25-20(26)9-21(12-28-13-21)17-3-2-4-18(8-17)23-10-16-6-5-15(11-27)7-19(16)22/h2-8,10-11,14H,9,12-13,22H2,1H3. The third-order valence-electron chi connectivity index (χ3n) is 5.12. The molecule has 0 bridgehead atoms. The molecule has 1 aliphatic rings. The van der Waals surface area contributed by atoms with Gasteiger partial charge >= 0.3 is 0 Å². The molecule has 0 spiro atoms. The van der Waals surface area contributed by atoms with Crippen molar-refractivity contribution in [2.24, 2.45) is 12.0 Å². The lowest BCUT2D eigenvalue weighted by atomic mass is 9.75. The van der Waals surface area contributed by atoms with Gasteiger partial charge < -0.3 is 15.0 Å². The van der Waals surface area contributed by atoms with E-state index >= 15 is 0 Å². The summed E-state index contributed by atoms with van der Waals surface area (Å²) in [5.41, 5.74) is 9.73. The molecule has 1 fully saturated rings. The van der Waals surface area contributed by atoms with E-state index in [1.807, 2.05) is 23.7 Å². The molecule has 0 unspecified atom stereocenters. The molecular formula is C21H21N5O2. The van der Waals surface area contributed by atoms with Crippen LogP contribution in [0.3, 0.4) is 0 Å². The molecular weight excluding hydrogens is 354 g/mol. The first kappa shape index (κ1) is 18.1. The average molecular weight is 375 g/mol. The highest BCUT2D eigenvalue weighted by molar-refractivity contribution is 5.90. The summed E-state index contributed by atoms with van der Waals surface area (Å²) in [6.45, 7) is 1.29. The fourth-order valence-corrected chi connectivity index (χ4v) is 3.33. The number of benzene rings is 2. The first-order valence-corrected chi connectivity index (χ1v) is 9.00. The largest absolute Gasteiger partial charge is 0.398 e. The van der Waals surface area contributed by atoms with Crippen LogP contribution in [-0.2, 0) is 23.6 Å². The average Bonchev–Trinajstić information content (AvgIpc) is 3.08. The normalized spacial score (nSPS) is 15.5. The molecule has 7 nitrogen and oxygen atoms in total. The highest BCUT2D eigenvalue weighted by atomic mass is 16.5. The van der Waals surface area contributed by atoms with Gasteiger partial charge in [0.15, 0.2) is 0 Å². The van der Waals surface area contributed by atoms with Gasteiger partial charge in [0, 0.05) is 41.9 Å². The second-order valence-corrected chi connectivity index (χ2v) is 7.12. The maximum absolute atomic E-state index is 10.8. The fraction of sp³-hybridized carbons (Fsp3) is 0.238. The van der Waals surface area contributed by atoms with Gasteiger partial charge in [-0.05, 0) is 23.8 Å². The number of ether oxygens (including phenoxy) is 1. The second kappa shape index (κ2) is 7.36. The second-order valence-electron chi connectivity index (χ2n) is 7.12. The minimum absolute atomic E-state index is 0.114. The molecule has 142 valence electrons. The predicted octanol–water partition coefficient (Wildman–Crippen LogP) is 2.47. The molecule has 0 aliphatic carbocycles. The number of carbonyl (C=O) groups excluding carboxylic acids is 1. The smallest absolute Gasteiger partial charge is 0.150 e. The van der Waals surface area contributed by atoms with Crippen LogP contribution in [0, 0.1) is 0 Å². The maximum atomic E-state index is 10.8. The lowest BCUT2D eigenvalue weighted by molar-refractivity contribution is -0.0611. The SMILES string of the molecule is Cn1cnnc1CC1(c2cccc(N=Cc3ccc(C=O)cc3N)c2)COC1. The minimum Gasteiger partial charge on any atom is -0.398 e. The highest BCUT2D eigenvalue weighted by Crippen LogP contribution is 2.37. The summed E-state index contributed by atoms with van der Waals surface area (Å²) in [6.07, 6.45) is 4.97. The number of aliphatic imine (C=N–C) groups is 1. The van der Waals surface area contributed by atoms with E-state index in [-0.39, 0.29) is 5.41 Å². The summed E-state index contributed by atoms with van der Waals surface area (Å²) in [5, 5.41) is 8.19. The third kappa shape index (κ3) is 3.44. The highest BCUT2D eigenvalue weighted by Gasteiger charge is 2.41. The Morgan fingerprint density at radius 3 is 2.79 bits per heavy atom. The minimum atomic E-state index is -0.114. The van der Waals surface area contributed by atoms with Gasteiger partial charge in [-0.3, -0.25) is 9.79 Å². The molecule has 0 saturated carbocycles. The molecule has 2 heterocycles. The molecule has 1 aliphatic heterocycles. The van der Waals surface area contributed by atoms with Crippen LogP contribution in [0.1, 0.15) is 27.3 Å². The number of carbonyl (C=O) groups is 1. The number of hydrogen-bond acceptors (Lipinski definition) is 6. The Hall–Kier alpha value is -3.32. The summed E-state index contributed by atoms with van der Waals surface area (Å²) in [7, 11) is 1.95. The van der Waals surface area contributed by atoms with Gasteiger partial charge in [0.05, 0.1) is 18.9 Å². The van der Waals surface area contributed by atoms with Gasteiger partial charge in [0.1, 0.15) is 18.4 Å². The van der Waals surface area contributed by atoms with Crippen molar-refractivity contribution in [1.29, 1.82) is 0 Å². The number of aryl methyl sites for hydroxylation is 1. The summed E-state index contributed by atoms with van der Waals surface area (Å²) in [4.78, 5) is 15.4. The van der Waals surface area contributed by atoms with Crippen molar-refractivity contribution >= 4 is 23.9 Å². The summed E-state index contributed by atoms with van der Waals surface area (Å²) in [6, 6.07) is 13.3. The summed E-state index contributed by atoms with van der Waals surface area (Å²) >= 11 is 0. The van der Waals surface area contributed by atoms with Crippen molar-refractivity contribution in [1.82, 2.24) is 14.8 Å². The van der Waals surface area contributed by atoms with Crippen LogP contribution in [0.2, 0.25) is 0 Å². The third-order valence-corrected chi connectivity index (χ3v) is 5.12. The van der Waals surface area contributed by atoms with E-state index in [1.54, 1.807) is 30.7 Å². The van der Waals surface area contributed by atoms with E-state index in [1.165, 1.54) is 5.56 Å². The molecule has 0 atom stereocenters. The van der Waals surface area contributed by atoms with Crippen LogP contribution in [0.15, 0.2) is 53.8 Å². The van der Waals surface area contributed by atoms with Gasteiger partial charge in [-0.15, -0.1) is 10.2 Å². The van der Waals surface area contributed by atoms with Crippen molar-refractivity contribution in [2.75, 3.05) is 18.9 Å². The molecule has 2 N–H and O–H groups in total. The first-order valence-electron chi connectivity index (χ1n) is 9.00. The van der Waals surface area contributed by atoms with Crippen molar-refractivity contribution in [3.05, 3.63) is 71.3 Å². The Morgan fingerprint density at radius 2 is 2.14 bits per heavy atom. The predicted molar refractivity (Wildman–Crippen MR) is 107 cm³/mol. The summed E-state index contributed by atoms with van der Waals surface area (Å²) < 4.78 is 7.49. The molecule has 1 saturated heterocycles. The zero-order chi connectivity index (χ0) is 19.6. The Bertz CT molecular complexity index is 1040. The van der Waals surface area contributed by atoms with E-state index in [9.17, 15) is 4.79 Å². The van der Waals surface area contributed by atoms with Gasteiger partial charge in [0.2, 0.25) is 0 Å². The molecule has 2 aromatic carbocycles. The monoisotopic (exact) mass is 375 g/mol. The van der Waals surface area contributed by atoms with Gasteiger partial charge in [-0.1, -0.05) is 24.3 Å². The number of nitrogens with two attached hydrogens (primary N) is 1. The molecule has 28 heavy (non-hydrogen) atoms. The van der Waals surface area contributed by atoms with E-state index in [0.717, 1.165) is 29.8 Å². The molecule has 3 aromatic rings. The van der Waals surface area contributed by atoms with E-state index in [0.29, 0.717) is 24.5 Å². The first-order chi connectivity index (χ1) is 13.6. The Morgan fingerprint density at radius 1 is 1.29 bits per heavy atom. The van der Waals surface area contributed by atoms with Crippen molar-refractivity contribution in [3.8, 4) is 0 Å². The zero-order valence-electron chi connectivity index (χ0n) is 15.6. The Labute approximate surface area is 162 Å². The van der Waals surface area contributed by atoms with Crippen LogP contribution in [0.4, 0.5) is 11.4 Å². The van der Waals surface area contributed by atoms with Crippen molar-refractivity contribution < 1.29 is 9.53 Å². The number of aromatic nitrogens is 3. The number of rotatable bonds is 6. The molecule has 1 aromatic heterocycles. The number of nitrogen functional groups attached to an aromatic ring is 1. The Kier molecular flexibility index (Phi) is 4.75. The maximum Gasteiger partial charge on any atom is 0.150 e.